The highest BCUT2D eigenvalue weighted by Gasteiger charge is 2.52. The number of thioether (sulfide) groups is 1. The Kier molecular flexibility index (Phi) is 7.45. The summed E-state index contributed by atoms with van der Waals surface area (Å²) in [5, 5.41) is 9.74. The van der Waals surface area contributed by atoms with E-state index in [1.165, 1.54) is 31.3 Å². The number of methoxy groups -OCH3 is 1. The lowest BCUT2D eigenvalue weighted by molar-refractivity contribution is -0.254. The van der Waals surface area contributed by atoms with Gasteiger partial charge in [-0.3, -0.25) is 4.99 Å². The van der Waals surface area contributed by atoms with Crippen molar-refractivity contribution in [1.29, 1.82) is 5.26 Å². The number of benzene rings is 1. The summed E-state index contributed by atoms with van der Waals surface area (Å²) in [5.41, 5.74) is 5.43. The Morgan fingerprint density at radius 2 is 2.09 bits per heavy atom. The lowest BCUT2D eigenvalue weighted by Gasteiger charge is -2.49. The van der Waals surface area contributed by atoms with E-state index in [1.54, 1.807) is 6.07 Å². The first kappa shape index (κ1) is 24.5. The average molecular weight is 511 g/mol. The maximum Gasteiger partial charge on any atom is 0.194 e. The number of aliphatic imine (C=N–C) groups is 1. The molecule has 0 amide bonds. The standard InChI is InChI=1S/C22H18ClF3N4O3S/c1-31-21-19(30-7-11(5-27)10-2-13(24)18(26)14(25)3-10)20-16(9-32-20)33-22(21)34-17-4-12(23)8-29-15(17)6-28/h2-5,7-8,16,19-22H,9,27H2,1H3. The Morgan fingerprint density at radius 3 is 2.68 bits per heavy atom. The summed E-state index contributed by atoms with van der Waals surface area (Å²) in [6, 6.07) is 4.72. The van der Waals surface area contributed by atoms with Crippen LogP contribution in [0.1, 0.15) is 11.3 Å². The van der Waals surface area contributed by atoms with Crippen molar-refractivity contribution in [3.05, 3.63) is 64.3 Å². The second-order valence-electron chi connectivity index (χ2n) is 7.42. The molecule has 1 aromatic heterocycles. The molecule has 0 saturated carbocycles. The first-order valence-corrected chi connectivity index (χ1v) is 11.2. The molecule has 0 radical (unpaired) electrons. The van der Waals surface area contributed by atoms with Crippen LogP contribution in [0.25, 0.3) is 5.57 Å². The zero-order valence-electron chi connectivity index (χ0n) is 17.6. The third kappa shape index (κ3) is 4.78. The van der Waals surface area contributed by atoms with Crippen molar-refractivity contribution in [2.45, 2.75) is 34.7 Å². The highest BCUT2D eigenvalue weighted by atomic mass is 35.5. The van der Waals surface area contributed by atoms with E-state index >= 15 is 0 Å². The monoisotopic (exact) mass is 510 g/mol. The summed E-state index contributed by atoms with van der Waals surface area (Å²) < 4.78 is 58.1. The van der Waals surface area contributed by atoms with Gasteiger partial charge in [-0.1, -0.05) is 23.4 Å². The first-order chi connectivity index (χ1) is 16.4. The van der Waals surface area contributed by atoms with E-state index in [0.717, 1.165) is 18.3 Å². The van der Waals surface area contributed by atoms with E-state index in [0.29, 0.717) is 16.5 Å². The fourth-order valence-electron chi connectivity index (χ4n) is 3.66. The second-order valence-corrected chi connectivity index (χ2v) is 8.99. The zero-order valence-corrected chi connectivity index (χ0v) is 19.2. The van der Waals surface area contributed by atoms with Gasteiger partial charge in [-0.25, -0.2) is 18.2 Å². The van der Waals surface area contributed by atoms with Crippen LogP contribution in [-0.4, -0.2) is 54.7 Å². The number of hydrogen-bond acceptors (Lipinski definition) is 8. The number of halogens is 4. The van der Waals surface area contributed by atoms with Crippen molar-refractivity contribution >= 4 is 35.2 Å². The Bertz CT molecular complexity index is 1170. The van der Waals surface area contributed by atoms with Gasteiger partial charge in [0.15, 0.2) is 23.1 Å². The Morgan fingerprint density at radius 1 is 1.35 bits per heavy atom. The fourth-order valence-corrected chi connectivity index (χ4v) is 5.14. The highest BCUT2D eigenvalue weighted by molar-refractivity contribution is 7.99. The van der Waals surface area contributed by atoms with Gasteiger partial charge in [-0.15, -0.1) is 0 Å². The Balaban J connectivity index is 1.61. The zero-order chi connectivity index (χ0) is 24.4. The number of ether oxygens (including phenoxy) is 3. The quantitative estimate of drug-likeness (QED) is 0.467. The number of hydrogen-bond donors (Lipinski definition) is 1. The summed E-state index contributed by atoms with van der Waals surface area (Å²) >= 11 is 7.27. The van der Waals surface area contributed by atoms with Crippen molar-refractivity contribution in [1.82, 2.24) is 4.98 Å². The highest BCUT2D eigenvalue weighted by Crippen LogP contribution is 2.41. The van der Waals surface area contributed by atoms with Gasteiger partial charge in [-0.2, -0.15) is 5.26 Å². The van der Waals surface area contributed by atoms with Gasteiger partial charge in [0.2, 0.25) is 0 Å². The lowest BCUT2D eigenvalue weighted by atomic mass is 9.93. The van der Waals surface area contributed by atoms with Crippen molar-refractivity contribution in [3.8, 4) is 6.07 Å². The molecule has 2 aliphatic rings. The Hall–Kier alpha value is -2.62. The van der Waals surface area contributed by atoms with Crippen LogP contribution < -0.4 is 5.73 Å². The number of fused-ring (bicyclic) bond motifs is 1. The van der Waals surface area contributed by atoms with Gasteiger partial charge in [0.25, 0.3) is 0 Å². The molecular weight excluding hydrogens is 493 g/mol. The maximum atomic E-state index is 13.7. The molecule has 2 aliphatic heterocycles. The van der Waals surface area contributed by atoms with E-state index in [1.807, 2.05) is 6.07 Å². The molecular formula is C22H18ClF3N4O3S. The van der Waals surface area contributed by atoms with Crippen molar-refractivity contribution < 1.29 is 27.4 Å². The Labute approximate surface area is 202 Å². The van der Waals surface area contributed by atoms with E-state index < -0.39 is 41.1 Å². The normalized spacial score (nSPS) is 26.7. The number of rotatable bonds is 6. The average Bonchev–Trinajstić information content (AvgIpc) is 2.80. The summed E-state index contributed by atoms with van der Waals surface area (Å²) in [6.45, 7) is 0.344. The van der Waals surface area contributed by atoms with Crippen molar-refractivity contribution in [2.24, 2.45) is 10.7 Å². The minimum absolute atomic E-state index is 0.0179. The number of nitrogens with zero attached hydrogens (tertiary/aromatic N) is 3. The van der Waals surface area contributed by atoms with Crippen LogP contribution >= 0.6 is 23.4 Å². The molecule has 178 valence electrons. The van der Waals surface area contributed by atoms with Gasteiger partial charge in [0, 0.05) is 36.2 Å². The van der Waals surface area contributed by atoms with Crippen LogP contribution in [0.15, 0.2) is 40.5 Å². The SMILES string of the molecule is COC1C(Sc2cc(Cl)cnc2C#N)OC2COC2C1N=CC(=CN)c1cc(F)c(F)c(F)c1. The molecule has 34 heavy (non-hydrogen) atoms. The number of nitrogens with two attached hydrogens (primary N) is 1. The molecule has 5 unspecified atom stereocenters. The minimum atomic E-state index is -1.57. The molecule has 3 heterocycles. The molecule has 1 aromatic carbocycles. The molecule has 2 fully saturated rings. The number of aromatic nitrogens is 1. The number of pyridine rings is 1. The van der Waals surface area contributed by atoms with Gasteiger partial charge in [0.1, 0.15) is 35.9 Å². The smallest absolute Gasteiger partial charge is 0.194 e. The van der Waals surface area contributed by atoms with E-state index in [2.05, 4.69) is 9.98 Å². The molecule has 2 saturated heterocycles. The molecule has 5 atom stereocenters. The maximum absolute atomic E-state index is 13.7. The van der Waals surface area contributed by atoms with Crippen LogP contribution in [0.5, 0.6) is 0 Å². The number of nitriles is 1. The van der Waals surface area contributed by atoms with Crippen molar-refractivity contribution in [3.63, 3.8) is 0 Å². The summed E-state index contributed by atoms with van der Waals surface area (Å²) in [4.78, 5) is 9.09. The predicted molar refractivity (Wildman–Crippen MR) is 120 cm³/mol. The van der Waals surface area contributed by atoms with Crippen LogP contribution in [-0.2, 0) is 14.2 Å². The molecule has 2 N–H and O–H groups in total. The van der Waals surface area contributed by atoms with Crippen LogP contribution in [0.2, 0.25) is 5.02 Å². The molecule has 4 rings (SSSR count). The largest absolute Gasteiger partial charge is 0.404 e. The van der Waals surface area contributed by atoms with Gasteiger partial charge < -0.3 is 19.9 Å². The fraction of sp³-hybridized carbons (Fsp3) is 0.318. The lowest BCUT2D eigenvalue weighted by Crippen LogP contribution is -2.64. The van der Waals surface area contributed by atoms with Gasteiger partial charge >= 0.3 is 0 Å². The minimum Gasteiger partial charge on any atom is -0.404 e. The second kappa shape index (κ2) is 10.3. The van der Waals surface area contributed by atoms with Crippen LogP contribution in [0.3, 0.4) is 0 Å². The third-order valence-electron chi connectivity index (χ3n) is 5.39. The first-order valence-electron chi connectivity index (χ1n) is 9.98. The third-order valence-corrected chi connectivity index (χ3v) is 6.78. The summed E-state index contributed by atoms with van der Waals surface area (Å²) in [5.74, 6) is -4.25. The summed E-state index contributed by atoms with van der Waals surface area (Å²) in [6.07, 6.45) is 2.48. The molecule has 0 spiro atoms. The van der Waals surface area contributed by atoms with E-state index in [-0.39, 0.29) is 22.9 Å². The summed E-state index contributed by atoms with van der Waals surface area (Å²) in [7, 11) is 1.48. The van der Waals surface area contributed by atoms with Crippen LogP contribution in [0, 0.1) is 28.8 Å². The van der Waals surface area contributed by atoms with Crippen LogP contribution in [0.4, 0.5) is 13.2 Å². The predicted octanol–water partition coefficient (Wildman–Crippen LogP) is 3.69. The molecule has 2 aromatic rings. The molecule has 0 bridgehead atoms. The van der Waals surface area contributed by atoms with E-state index in [4.69, 9.17) is 31.5 Å². The molecule has 7 nitrogen and oxygen atoms in total. The van der Waals surface area contributed by atoms with Gasteiger partial charge in [0.05, 0.1) is 11.6 Å². The van der Waals surface area contributed by atoms with Gasteiger partial charge in [-0.05, 0) is 23.8 Å². The molecule has 12 heteroatoms. The molecule has 0 aliphatic carbocycles. The number of allylic oxidation sites excluding steroid dienone is 1. The van der Waals surface area contributed by atoms with E-state index in [9.17, 15) is 18.4 Å². The van der Waals surface area contributed by atoms with Crippen molar-refractivity contribution in [2.75, 3.05) is 13.7 Å². The topological polar surface area (TPSA) is 103 Å².